The molecule has 1 aromatic carbocycles. The summed E-state index contributed by atoms with van der Waals surface area (Å²) in [6.07, 6.45) is 0. The molecule has 0 spiro atoms. The number of halogens is 1. The maximum Gasteiger partial charge on any atom is 0.269 e. The SMILES string of the molecule is CC(C)(C)C(Br)=NNc1ccc([N+](=O)[O-])cc1. The molecule has 6 heteroatoms. The topological polar surface area (TPSA) is 67.5 Å². The lowest BCUT2D eigenvalue weighted by molar-refractivity contribution is -0.384. The minimum absolute atomic E-state index is 0.0643. The molecular formula is C11H14BrN3O2. The van der Waals surface area contributed by atoms with Gasteiger partial charge in [0.1, 0.15) is 4.62 Å². The van der Waals surface area contributed by atoms with E-state index < -0.39 is 4.92 Å². The standard InChI is InChI=1S/C11H14BrN3O2/c1-11(2,3)10(12)14-13-8-4-6-9(7-5-8)15(16)17/h4-7,13H,1-3H3. The fraction of sp³-hybridized carbons (Fsp3) is 0.364. The molecule has 0 radical (unpaired) electrons. The van der Waals surface area contributed by atoms with Crippen molar-refractivity contribution in [1.29, 1.82) is 0 Å². The zero-order valence-corrected chi connectivity index (χ0v) is 11.5. The summed E-state index contributed by atoms with van der Waals surface area (Å²) in [6.45, 7) is 6.08. The van der Waals surface area contributed by atoms with Crippen LogP contribution in [-0.2, 0) is 0 Å². The minimum atomic E-state index is -0.432. The van der Waals surface area contributed by atoms with Crippen LogP contribution in [0.25, 0.3) is 0 Å². The Bertz CT molecular complexity index is 435. The molecule has 0 amide bonds. The number of hydrogen-bond donors (Lipinski definition) is 1. The Morgan fingerprint density at radius 2 is 1.88 bits per heavy atom. The normalized spacial score (nSPS) is 12.4. The van der Waals surface area contributed by atoms with Crippen molar-refractivity contribution in [3.8, 4) is 0 Å². The molecule has 0 atom stereocenters. The summed E-state index contributed by atoms with van der Waals surface area (Å²) in [5.74, 6) is 0. The fourth-order valence-corrected chi connectivity index (χ4v) is 1.03. The second kappa shape index (κ2) is 5.27. The maximum absolute atomic E-state index is 10.5. The van der Waals surface area contributed by atoms with Gasteiger partial charge in [-0.1, -0.05) is 20.8 Å². The summed E-state index contributed by atoms with van der Waals surface area (Å²) >= 11 is 3.37. The quantitative estimate of drug-likeness (QED) is 0.525. The molecule has 0 fully saturated rings. The number of nitrogens with one attached hydrogen (secondary N) is 1. The van der Waals surface area contributed by atoms with Crippen LogP contribution in [0.2, 0.25) is 0 Å². The maximum atomic E-state index is 10.5. The van der Waals surface area contributed by atoms with E-state index in [1.54, 1.807) is 12.1 Å². The molecule has 5 nitrogen and oxygen atoms in total. The van der Waals surface area contributed by atoms with Gasteiger partial charge in [-0.2, -0.15) is 5.10 Å². The van der Waals surface area contributed by atoms with Crippen molar-refractivity contribution in [3.05, 3.63) is 34.4 Å². The van der Waals surface area contributed by atoms with E-state index >= 15 is 0 Å². The van der Waals surface area contributed by atoms with Crippen molar-refractivity contribution < 1.29 is 4.92 Å². The Balaban J connectivity index is 2.74. The third-order valence-electron chi connectivity index (χ3n) is 1.98. The molecular weight excluding hydrogens is 286 g/mol. The lowest BCUT2D eigenvalue weighted by atomic mass is 9.99. The van der Waals surface area contributed by atoms with Crippen molar-refractivity contribution in [2.24, 2.45) is 10.5 Å². The molecule has 0 aliphatic heterocycles. The Hall–Kier alpha value is -1.43. The highest BCUT2D eigenvalue weighted by Gasteiger charge is 2.16. The van der Waals surface area contributed by atoms with E-state index in [4.69, 9.17) is 0 Å². The number of non-ortho nitro benzene ring substituents is 1. The number of hydrogen-bond acceptors (Lipinski definition) is 4. The second-order valence-corrected chi connectivity index (χ2v) is 5.32. The molecule has 1 N–H and O–H groups in total. The first-order chi connectivity index (χ1) is 7.80. The first-order valence-electron chi connectivity index (χ1n) is 5.05. The number of nitro benzene ring substituents is 1. The largest absolute Gasteiger partial charge is 0.278 e. The third-order valence-corrected chi connectivity index (χ3v) is 3.35. The van der Waals surface area contributed by atoms with E-state index in [1.807, 2.05) is 20.8 Å². The summed E-state index contributed by atoms with van der Waals surface area (Å²) in [4.78, 5) is 10.0. The predicted octanol–water partition coefficient (Wildman–Crippen LogP) is 3.76. The van der Waals surface area contributed by atoms with E-state index in [2.05, 4.69) is 26.5 Å². The Kier molecular flexibility index (Phi) is 4.22. The van der Waals surface area contributed by atoms with Crippen molar-refractivity contribution in [1.82, 2.24) is 0 Å². The first kappa shape index (κ1) is 13.6. The highest BCUT2D eigenvalue weighted by molar-refractivity contribution is 9.18. The first-order valence-corrected chi connectivity index (χ1v) is 5.84. The van der Waals surface area contributed by atoms with Crippen molar-refractivity contribution in [2.45, 2.75) is 20.8 Å². The minimum Gasteiger partial charge on any atom is -0.278 e. The molecule has 1 aromatic rings. The lowest BCUT2D eigenvalue weighted by Crippen LogP contribution is -2.15. The Morgan fingerprint density at radius 3 is 2.29 bits per heavy atom. The van der Waals surface area contributed by atoms with Crippen molar-refractivity contribution in [2.75, 3.05) is 5.43 Å². The van der Waals surface area contributed by atoms with E-state index in [0.717, 1.165) is 4.62 Å². The van der Waals surface area contributed by atoms with Gasteiger partial charge in [0.2, 0.25) is 0 Å². The zero-order valence-electron chi connectivity index (χ0n) is 9.90. The average molecular weight is 300 g/mol. The average Bonchev–Trinajstić information content (AvgIpc) is 2.25. The van der Waals surface area contributed by atoms with Gasteiger partial charge >= 0.3 is 0 Å². The van der Waals surface area contributed by atoms with Crippen LogP contribution < -0.4 is 5.43 Å². The molecule has 92 valence electrons. The summed E-state index contributed by atoms with van der Waals surface area (Å²) in [6, 6.07) is 6.10. The van der Waals surface area contributed by atoms with E-state index in [0.29, 0.717) is 5.69 Å². The fourth-order valence-electron chi connectivity index (χ4n) is 0.939. The van der Waals surface area contributed by atoms with Gasteiger partial charge in [-0.05, 0) is 28.1 Å². The van der Waals surface area contributed by atoms with Crippen LogP contribution in [0.5, 0.6) is 0 Å². The van der Waals surface area contributed by atoms with Crippen LogP contribution in [0.3, 0.4) is 0 Å². The number of nitro groups is 1. The van der Waals surface area contributed by atoms with Crippen LogP contribution in [0.4, 0.5) is 11.4 Å². The van der Waals surface area contributed by atoms with Crippen LogP contribution in [0.15, 0.2) is 29.4 Å². The van der Waals surface area contributed by atoms with E-state index in [9.17, 15) is 10.1 Å². The van der Waals surface area contributed by atoms with E-state index in [1.165, 1.54) is 12.1 Å². The lowest BCUT2D eigenvalue weighted by Gasteiger charge is -2.15. The Morgan fingerprint density at radius 1 is 1.35 bits per heavy atom. The van der Waals surface area contributed by atoms with Gasteiger partial charge in [-0.25, -0.2) is 0 Å². The molecule has 0 saturated heterocycles. The Labute approximate surface area is 108 Å². The number of anilines is 1. The molecule has 17 heavy (non-hydrogen) atoms. The van der Waals surface area contributed by atoms with Gasteiger partial charge in [0, 0.05) is 17.5 Å². The molecule has 1 rings (SSSR count). The number of benzene rings is 1. The summed E-state index contributed by atoms with van der Waals surface area (Å²) in [5, 5.41) is 14.6. The van der Waals surface area contributed by atoms with Gasteiger partial charge in [0.15, 0.2) is 0 Å². The number of hydrazone groups is 1. The number of rotatable bonds is 3. The predicted molar refractivity (Wildman–Crippen MR) is 72.5 cm³/mol. The van der Waals surface area contributed by atoms with Crippen LogP contribution in [0.1, 0.15) is 20.8 Å². The van der Waals surface area contributed by atoms with Gasteiger partial charge < -0.3 is 0 Å². The highest BCUT2D eigenvalue weighted by atomic mass is 79.9. The number of nitrogens with zero attached hydrogens (tertiary/aromatic N) is 2. The summed E-state index contributed by atoms with van der Waals surface area (Å²) in [5.41, 5.74) is 3.53. The van der Waals surface area contributed by atoms with E-state index in [-0.39, 0.29) is 11.1 Å². The molecule has 0 aliphatic rings. The van der Waals surface area contributed by atoms with Gasteiger partial charge in [0.05, 0.1) is 10.6 Å². The smallest absolute Gasteiger partial charge is 0.269 e. The van der Waals surface area contributed by atoms with Crippen LogP contribution in [-0.4, -0.2) is 9.54 Å². The van der Waals surface area contributed by atoms with Gasteiger partial charge in [-0.15, -0.1) is 0 Å². The zero-order chi connectivity index (χ0) is 13.1. The molecule has 0 aliphatic carbocycles. The van der Waals surface area contributed by atoms with Gasteiger partial charge in [0.25, 0.3) is 5.69 Å². The molecule has 0 heterocycles. The summed E-state index contributed by atoms with van der Waals surface area (Å²) in [7, 11) is 0. The van der Waals surface area contributed by atoms with Crippen molar-refractivity contribution >= 4 is 31.9 Å². The third kappa shape index (κ3) is 4.14. The molecule has 0 bridgehead atoms. The summed E-state index contributed by atoms with van der Waals surface area (Å²) < 4.78 is 0.781. The molecule has 0 saturated carbocycles. The monoisotopic (exact) mass is 299 g/mol. The molecule has 0 unspecified atom stereocenters. The van der Waals surface area contributed by atoms with Gasteiger partial charge in [-0.3, -0.25) is 15.5 Å². The molecule has 0 aromatic heterocycles. The van der Waals surface area contributed by atoms with Crippen molar-refractivity contribution in [3.63, 3.8) is 0 Å². The van der Waals surface area contributed by atoms with Crippen LogP contribution >= 0.6 is 15.9 Å². The van der Waals surface area contributed by atoms with Crippen LogP contribution in [0, 0.1) is 15.5 Å². The second-order valence-electron chi connectivity index (χ2n) is 4.57. The highest BCUT2D eigenvalue weighted by Crippen LogP contribution is 2.21.